The fourth-order valence-corrected chi connectivity index (χ4v) is 2.22. The van der Waals surface area contributed by atoms with Crippen molar-refractivity contribution < 1.29 is 14.6 Å². The molecule has 2 unspecified atom stereocenters. The third kappa shape index (κ3) is 0.960. The second kappa shape index (κ2) is 2.64. The van der Waals surface area contributed by atoms with Crippen molar-refractivity contribution in [1.82, 2.24) is 0 Å². The van der Waals surface area contributed by atoms with Gasteiger partial charge in [-0.05, 0) is 35.6 Å². The van der Waals surface area contributed by atoms with Gasteiger partial charge in [-0.15, -0.1) is 0 Å². The standard InChI is InChI=1S/C11H12O3/c1-6-2-7-3-9-10(14-5-13-9)4-8(7)11(6)12/h3-4,6,11-12H,2,5H2,1H3. The van der Waals surface area contributed by atoms with Crippen molar-refractivity contribution in [1.29, 1.82) is 0 Å². The molecule has 14 heavy (non-hydrogen) atoms. The van der Waals surface area contributed by atoms with Crippen LogP contribution < -0.4 is 9.47 Å². The topological polar surface area (TPSA) is 38.7 Å². The highest BCUT2D eigenvalue weighted by atomic mass is 16.7. The molecule has 74 valence electrons. The Kier molecular flexibility index (Phi) is 1.53. The number of aliphatic hydroxyl groups is 1. The van der Waals surface area contributed by atoms with Crippen molar-refractivity contribution in [2.45, 2.75) is 19.4 Å². The fraction of sp³-hybridized carbons (Fsp3) is 0.455. The molecule has 1 heterocycles. The van der Waals surface area contributed by atoms with Gasteiger partial charge in [-0.3, -0.25) is 0 Å². The molecule has 2 aliphatic rings. The van der Waals surface area contributed by atoms with E-state index in [1.165, 1.54) is 5.56 Å². The minimum Gasteiger partial charge on any atom is -0.454 e. The molecule has 2 atom stereocenters. The molecule has 1 N–H and O–H groups in total. The van der Waals surface area contributed by atoms with Crippen LogP contribution in [0.2, 0.25) is 0 Å². The number of fused-ring (bicyclic) bond motifs is 2. The third-order valence-corrected chi connectivity index (χ3v) is 3.03. The maximum atomic E-state index is 9.88. The quantitative estimate of drug-likeness (QED) is 0.679. The lowest BCUT2D eigenvalue weighted by molar-refractivity contribution is 0.132. The van der Waals surface area contributed by atoms with Gasteiger partial charge in [0.15, 0.2) is 11.5 Å². The van der Waals surface area contributed by atoms with Gasteiger partial charge in [0.1, 0.15) is 0 Å². The Labute approximate surface area is 82.3 Å². The van der Waals surface area contributed by atoms with E-state index in [1.807, 2.05) is 12.1 Å². The van der Waals surface area contributed by atoms with Crippen LogP contribution in [0.15, 0.2) is 12.1 Å². The molecule has 0 saturated carbocycles. The Morgan fingerprint density at radius 1 is 1.29 bits per heavy atom. The Bertz CT molecular complexity index is 386. The number of benzene rings is 1. The van der Waals surface area contributed by atoms with Gasteiger partial charge in [0.2, 0.25) is 6.79 Å². The van der Waals surface area contributed by atoms with Crippen LogP contribution >= 0.6 is 0 Å². The molecule has 1 aromatic rings. The van der Waals surface area contributed by atoms with Gasteiger partial charge in [0, 0.05) is 0 Å². The number of ether oxygens (including phenoxy) is 2. The molecule has 0 aromatic heterocycles. The van der Waals surface area contributed by atoms with Crippen molar-refractivity contribution in [2.24, 2.45) is 5.92 Å². The molecule has 3 heteroatoms. The van der Waals surface area contributed by atoms with Crippen LogP contribution in [0, 0.1) is 5.92 Å². The zero-order chi connectivity index (χ0) is 9.71. The summed E-state index contributed by atoms with van der Waals surface area (Å²) >= 11 is 0. The molecule has 3 nitrogen and oxygen atoms in total. The van der Waals surface area contributed by atoms with Crippen molar-refractivity contribution in [3.05, 3.63) is 23.3 Å². The van der Waals surface area contributed by atoms with Crippen LogP contribution in [0.5, 0.6) is 11.5 Å². The van der Waals surface area contributed by atoms with Crippen LogP contribution in [0.25, 0.3) is 0 Å². The van der Waals surface area contributed by atoms with Crippen LogP contribution in [-0.2, 0) is 6.42 Å². The third-order valence-electron chi connectivity index (χ3n) is 3.03. The number of hydrogen-bond acceptors (Lipinski definition) is 3. The Hall–Kier alpha value is -1.22. The van der Waals surface area contributed by atoms with Crippen LogP contribution in [0.1, 0.15) is 24.2 Å². The lowest BCUT2D eigenvalue weighted by Crippen LogP contribution is -2.01. The molecule has 0 spiro atoms. The first-order valence-electron chi connectivity index (χ1n) is 4.86. The molecular formula is C11H12O3. The molecule has 0 fully saturated rings. The van der Waals surface area contributed by atoms with Gasteiger partial charge in [-0.1, -0.05) is 6.92 Å². The monoisotopic (exact) mass is 192 g/mol. The van der Waals surface area contributed by atoms with E-state index in [9.17, 15) is 5.11 Å². The zero-order valence-corrected chi connectivity index (χ0v) is 7.99. The molecule has 0 radical (unpaired) electrons. The minimum absolute atomic E-state index is 0.296. The maximum Gasteiger partial charge on any atom is 0.231 e. The fourth-order valence-electron chi connectivity index (χ4n) is 2.22. The van der Waals surface area contributed by atoms with Crippen molar-refractivity contribution in [3.8, 4) is 11.5 Å². The zero-order valence-electron chi connectivity index (χ0n) is 7.99. The van der Waals surface area contributed by atoms with Gasteiger partial charge in [-0.2, -0.15) is 0 Å². The van der Waals surface area contributed by atoms with Gasteiger partial charge in [0.25, 0.3) is 0 Å². The number of rotatable bonds is 0. The van der Waals surface area contributed by atoms with E-state index in [4.69, 9.17) is 9.47 Å². The molecule has 1 aliphatic heterocycles. The Balaban J connectivity index is 2.13. The van der Waals surface area contributed by atoms with E-state index in [0.29, 0.717) is 12.7 Å². The second-order valence-electron chi connectivity index (χ2n) is 4.03. The van der Waals surface area contributed by atoms with E-state index in [1.54, 1.807) is 0 Å². The maximum absolute atomic E-state index is 9.88. The first-order valence-corrected chi connectivity index (χ1v) is 4.86. The molecule has 0 amide bonds. The van der Waals surface area contributed by atoms with Crippen molar-refractivity contribution in [2.75, 3.05) is 6.79 Å². The number of aliphatic hydroxyl groups excluding tert-OH is 1. The average molecular weight is 192 g/mol. The van der Waals surface area contributed by atoms with E-state index in [-0.39, 0.29) is 6.10 Å². The summed E-state index contributed by atoms with van der Waals surface area (Å²) in [5.41, 5.74) is 2.19. The minimum atomic E-state index is -0.348. The molecule has 0 bridgehead atoms. The van der Waals surface area contributed by atoms with E-state index >= 15 is 0 Å². The van der Waals surface area contributed by atoms with Gasteiger partial charge in [0.05, 0.1) is 6.10 Å². The van der Waals surface area contributed by atoms with Crippen LogP contribution in [-0.4, -0.2) is 11.9 Å². The summed E-state index contributed by atoms with van der Waals surface area (Å²) in [5, 5.41) is 9.88. The van der Waals surface area contributed by atoms with Crippen LogP contribution in [0.3, 0.4) is 0 Å². The summed E-state index contributed by atoms with van der Waals surface area (Å²) in [6.07, 6.45) is 0.576. The second-order valence-corrected chi connectivity index (χ2v) is 4.03. The summed E-state index contributed by atoms with van der Waals surface area (Å²) in [7, 11) is 0. The van der Waals surface area contributed by atoms with Crippen molar-refractivity contribution >= 4 is 0 Å². The Morgan fingerprint density at radius 3 is 2.79 bits per heavy atom. The van der Waals surface area contributed by atoms with E-state index < -0.39 is 0 Å². The summed E-state index contributed by atoms with van der Waals surface area (Å²) in [4.78, 5) is 0. The Morgan fingerprint density at radius 2 is 2.00 bits per heavy atom. The molecule has 1 aliphatic carbocycles. The largest absolute Gasteiger partial charge is 0.454 e. The lowest BCUT2D eigenvalue weighted by Gasteiger charge is -2.08. The van der Waals surface area contributed by atoms with E-state index in [0.717, 1.165) is 23.5 Å². The highest BCUT2D eigenvalue weighted by molar-refractivity contribution is 5.51. The highest BCUT2D eigenvalue weighted by Gasteiger charge is 2.30. The summed E-state index contributed by atoms with van der Waals surface area (Å²) < 4.78 is 10.6. The first kappa shape index (κ1) is 8.12. The van der Waals surface area contributed by atoms with Gasteiger partial charge >= 0.3 is 0 Å². The van der Waals surface area contributed by atoms with E-state index in [2.05, 4.69) is 6.92 Å². The molecule has 0 saturated heterocycles. The highest BCUT2D eigenvalue weighted by Crippen LogP contribution is 2.43. The smallest absolute Gasteiger partial charge is 0.231 e. The van der Waals surface area contributed by atoms with Crippen molar-refractivity contribution in [3.63, 3.8) is 0 Å². The summed E-state index contributed by atoms with van der Waals surface area (Å²) in [5.74, 6) is 1.87. The van der Waals surface area contributed by atoms with Crippen LogP contribution in [0.4, 0.5) is 0 Å². The predicted octanol–water partition coefficient (Wildman–Crippen LogP) is 1.64. The summed E-state index contributed by atoms with van der Waals surface area (Å²) in [6, 6.07) is 3.90. The molecule has 3 rings (SSSR count). The summed E-state index contributed by atoms with van der Waals surface area (Å²) in [6.45, 7) is 2.35. The molecule has 1 aromatic carbocycles. The average Bonchev–Trinajstić information content (AvgIpc) is 2.70. The normalized spacial score (nSPS) is 27.9. The lowest BCUT2D eigenvalue weighted by atomic mass is 10.1. The predicted molar refractivity (Wildman–Crippen MR) is 50.4 cm³/mol. The van der Waals surface area contributed by atoms with Gasteiger partial charge in [-0.25, -0.2) is 0 Å². The molecular weight excluding hydrogens is 180 g/mol. The number of hydrogen-bond donors (Lipinski definition) is 1. The SMILES string of the molecule is CC1Cc2cc3c(cc2C1O)OCO3. The first-order chi connectivity index (χ1) is 6.75. The van der Waals surface area contributed by atoms with Gasteiger partial charge < -0.3 is 14.6 Å².